The molecule has 3 rings (SSSR count). The van der Waals surface area contributed by atoms with Crippen LogP contribution in [0.4, 0.5) is 9.52 Å². The van der Waals surface area contributed by atoms with E-state index in [1.165, 1.54) is 23.5 Å². The van der Waals surface area contributed by atoms with Crippen LogP contribution < -0.4 is 4.90 Å². The highest BCUT2D eigenvalue weighted by Crippen LogP contribution is 2.31. The molecule has 0 N–H and O–H groups in total. The number of anilines is 1. The summed E-state index contributed by atoms with van der Waals surface area (Å²) in [6, 6.07) is 11.8. The minimum Gasteiger partial charge on any atom is -0.308 e. The largest absolute Gasteiger partial charge is 0.308 e. The van der Waals surface area contributed by atoms with Gasteiger partial charge in [-0.25, -0.2) is 9.37 Å². The molecule has 0 spiro atoms. The Balaban J connectivity index is 0.00000243. The predicted octanol–water partition coefficient (Wildman–Crippen LogP) is 4.37. The number of hydrogen-bond donors (Lipinski definition) is 0. The number of benzene rings is 2. The van der Waals surface area contributed by atoms with E-state index >= 15 is 0 Å². The molecule has 2 aromatic carbocycles. The van der Waals surface area contributed by atoms with Crippen molar-refractivity contribution in [2.75, 3.05) is 32.1 Å². The van der Waals surface area contributed by atoms with E-state index in [0.717, 1.165) is 15.8 Å². The SMILES string of the molecule is Cc1cccc2sc(N(CCN(C)C)C(=O)c3cccc(F)c3)nc12.Cl. The van der Waals surface area contributed by atoms with Gasteiger partial charge in [0.25, 0.3) is 5.91 Å². The average Bonchev–Trinajstić information content (AvgIpc) is 3.00. The predicted molar refractivity (Wildman–Crippen MR) is 108 cm³/mol. The lowest BCUT2D eigenvalue weighted by molar-refractivity contribution is 0.0985. The van der Waals surface area contributed by atoms with Gasteiger partial charge in [-0.05, 0) is 50.8 Å². The maximum Gasteiger partial charge on any atom is 0.260 e. The fraction of sp³-hybridized carbons (Fsp3) is 0.263. The van der Waals surface area contributed by atoms with Crippen LogP contribution in [0.2, 0.25) is 0 Å². The van der Waals surface area contributed by atoms with Crippen molar-refractivity contribution in [2.24, 2.45) is 0 Å². The van der Waals surface area contributed by atoms with Gasteiger partial charge in [-0.3, -0.25) is 9.69 Å². The van der Waals surface area contributed by atoms with E-state index in [1.54, 1.807) is 17.0 Å². The lowest BCUT2D eigenvalue weighted by Gasteiger charge is -2.22. The standard InChI is InChI=1S/C19H20FN3OS.ClH/c1-13-6-4-9-16-17(13)21-19(25-16)23(11-10-22(2)3)18(24)14-7-5-8-15(20)12-14;/h4-9,12H,10-11H2,1-3H3;1H. The van der Waals surface area contributed by atoms with Crippen LogP contribution in [0.1, 0.15) is 15.9 Å². The molecule has 0 aliphatic heterocycles. The molecular formula is C19H21ClFN3OS. The number of halogens is 2. The van der Waals surface area contributed by atoms with Gasteiger partial charge in [-0.2, -0.15) is 0 Å². The van der Waals surface area contributed by atoms with E-state index < -0.39 is 5.82 Å². The van der Waals surface area contributed by atoms with E-state index in [1.807, 2.05) is 44.1 Å². The highest BCUT2D eigenvalue weighted by Gasteiger charge is 2.22. The normalized spacial score (nSPS) is 10.8. The molecule has 1 heterocycles. The van der Waals surface area contributed by atoms with Crippen LogP contribution in [0.25, 0.3) is 10.2 Å². The first kappa shape index (κ1) is 20.3. The molecule has 1 aromatic heterocycles. The Bertz CT molecular complexity index is 913. The van der Waals surface area contributed by atoms with Crippen LogP contribution in [-0.2, 0) is 0 Å². The van der Waals surface area contributed by atoms with Crippen molar-refractivity contribution < 1.29 is 9.18 Å². The van der Waals surface area contributed by atoms with Crippen molar-refractivity contribution in [2.45, 2.75) is 6.92 Å². The molecule has 26 heavy (non-hydrogen) atoms. The molecule has 0 saturated carbocycles. The van der Waals surface area contributed by atoms with Crippen LogP contribution in [0.5, 0.6) is 0 Å². The van der Waals surface area contributed by atoms with Crippen LogP contribution in [0.15, 0.2) is 42.5 Å². The van der Waals surface area contributed by atoms with Gasteiger partial charge in [-0.1, -0.05) is 29.5 Å². The zero-order chi connectivity index (χ0) is 18.0. The zero-order valence-corrected chi connectivity index (χ0v) is 16.5. The summed E-state index contributed by atoms with van der Waals surface area (Å²) >= 11 is 1.48. The fourth-order valence-electron chi connectivity index (χ4n) is 2.55. The number of carbonyl (C=O) groups is 1. The molecule has 0 fully saturated rings. The number of rotatable bonds is 5. The smallest absolute Gasteiger partial charge is 0.260 e. The maximum atomic E-state index is 13.5. The third-order valence-corrected chi connectivity index (χ3v) is 4.97. The van der Waals surface area contributed by atoms with Crippen molar-refractivity contribution >= 4 is 45.0 Å². The molecule has 0 bridgehead atoms. The Morgan fingerprint density at radius 2 is 1.88 bits per heavy atom. The number of para-hydroxylation sites is 1. The van der Waals surface area contributed by atoms with Gasteiger partial charge < -0.3 is 4.90 Å². The number of carbonyl (C=O) groups excluding carboxylic acids is 1. The van der Waals surface area contributed by atoms with Crippen LogP contribution in [0, 0.1) is 12.7 Å². The van der Waals surface area contributed by atoms with Gasteiger partial charge in [0.05, 0.1) is 10.2 Å². The Hall–Kier alpha value is -2.02. The number of likely N-dealkylation sites (N-methyl/N-ethyl adjacent to an activating group) is 1. The van der Waals surface area contributed by atoms with Gasteiger partial charge in [0.2, 0.25) is 0 Å². The van der Waals surface area contributed by atoms with Gasteiger partial charge in [0.1, 0.15) is 5.82 Å². The number of nitrogens with zero attached hydrogens (tertiary/aromatic N) is 3. The lowest BCUT2D eigenvalue weighted by atomic mass is 10.2. The summed E-state index contributed by atoms with van der Waals surface area (Å²) in [5.74, 6) is -0.656. The second-order valence-electron chi connectivity index (χ2n) is 6.19. The Morgan fingerprint density at radius 3 is 2.54 bits per heavy atom. The van der Waals surface area contributed by atoms with Crippen molar-refractivity contribution in [3.8, 4) is 0 Å². The van der Waals surface area contributed by atoms with Gasteiger partial charge in [-0.15, -0.1) is 12.4 Å². The monoisotopic (exact) mass is 393 g/mol. The van der Waals surface area contributed by atoms with Gasteiger partial charge in [0, 0.05) is 18.7 Å². The summed E-state index contributed by atoms with van der Waals surface area (Å²) in [6.07, 6.45) is 0. The molecule has 0 unspecified atom stereocenters. The molecule has 0 atom stereocenters. The minimum absolute atomic E-state index is 0. The molecule has 4 nitrogen and oxygen atoms in total. The highest BCUT2D eigenvalue weighted by molar-refractivity contribution is 7.22. The van der Waals surface area contributed by atoms with E-state index in [4.69, 9.17) is 0 Å². The summed E-state index contributed by atoms with van der Waals surface area (Å²) in [4.78, 5) is 21.3. The number of thiazole rings is 1. The number of amides is 1. The molecule has 1 amide bonds. The topological polar surface area (TPSA) is 36.4 Å². The molecule has 138 valence electrons. The van der Waals surface area contributed by atoms with Gasteiger partial charge in [0.15, 0.2) is 5.13 Å². The van der Waals surface area contributed by atoms with E-state index in [0.29, 0.717) is 23.8 Å². The molecular weight excluding hydrogens is 373 g/mol. The molecule has 0 aliphatic rings. The first-order valence-electron chi connectivity index (χ1n) is 8.04. The second kappa shape index (κ2) is 8.58. The zero-order valence-electron chi connectivity index (χ0n) is 14.9. The first-order valence-corrected chi connectivity index (χ1v) is 8.85. The molecule has 3 aromatic rings. The number of aromatic nitrogens is 1. The Labute approximate surface area is 162 Å². The summed E-state index contributed by atoms with van der Waals surface area (Å²) in [7, 11) is 3.90. The number of hydrogen-bond acceptors (Lipinski definition) is 4. The summed E-state index contributed by atoms with van der Waals surface area (Å²) in [5, 5.41) is 0.639. The Morgan fingerprint density at radius 1 is 1.15 bits per heavy atom. The van der Waals surface area contributed by atoms with Crippen molar-refractivity contribution in [3.63, 3.8) is 0 Å². The van der Waals surface area contributed by atoms with E-state index in [-0.39, 0.29) is 18.3 Å². The number of aryl methyl sites for hydroxylation is 1. The van der Waals surface area contributed by atoms with Crippen molar-refractivity contribution in [1.29, 1.82) is 0 Å². The molecule has 0 saturated heterocycles. The first-order chi connectivity index (χ1) is 12.0. The fourth-order valence-corrected chi connectivity index (χ4v) is 3.62. The highest BCUT2D eigenvalue weighted by atomic mass is 35.5. The lowest BCUT2D eigenvalue weighted by Crippen LogP contribution is -2.36. The van der Waals surface area contributed by atoms with Crippen molar-refractivity contribution in [3.05, 3.63) is 59.4 Å². The molecule has 0 aliphatic carbocycles. The molecule has 0 radical (unpaired) electrons. The van der Waals surface area contributed by atoms with Gasteiger partial charge >= 0.3 is 0 Å². The maximum absolute atomic E-state index is 13.5. The number of fused-ring (bicyclic) bond motifs is 1. The molecule has 7 heteroatoms. The van der Waals surface area contributed by atoms with Crippen LogP contribution in [-0.4, -0.2) is 43.0 Å². The summed E-state index contributed by atoms with van der Waals surface area (Å²) < 4.78 is 14.6. The Kier molecular flexibility index (Phi) is 6.69. The summed E-state index contributed by atoms with van der Waals surface area (Å²) in [6.45, 7) is 3.18. The average molecular weight is 394 g/mol. The van der Waals surface area contributed by atoms with E-state index in [2.05, 4.69) is 4.98 Å². The van der Waals surface area contributed by atoms with Crippen molar-refractivity contribution in [1.82, 2.24) is 9.88 Å². The second-order valence-corrected chi connectivity index (χ2v) is 7.20. The third-order valence-electron chi connectivity index (χ3n) is 3.93. The quantitative estimate of drug-likeness (QED) is 0.645. The summed E-state index contributed by atoms with van der Waals surface area (Å²) in [5.41, 5.74) is 2.31. The van der Waals surface area contributed by atoms with E-state index in [9.17, 15) is 9.18 Å². The minimum atomic E-state index is -0.418. The third kappa shape index (κ3) is 4.38. The van der Waals surface area contributed by atoms with Crippen LogP contribution in [0.3, 0.4) is 0 Å². The van der Waals surface area contributed by atoms with Crippen LogP contribution >= 0.6 is 23.7 Å².